The number of methoxy groups -OCH3 is 2. The van der Waals surface area contributed by atoms with Gasteiger partial charge in [0, 0.05) is 12.0 Å². The molecule has 18 heavy (non-hydrogen) atoms. The number of ether oxygens (including phenoxy) is 2. The highest BCUT2D eigenvalue weighted by molar-refractivity contribution is 6.32. The first-order valence-corrected chi connectivity index (χ1v) is 6.13. The van der Waals surface area contributed by atoms with Crippen LogP contribution in [0.3, 0.4) is 0 Å². The van der Waals surface area contributed by atoms with E-state index in [9.17, 15) is 4.79 Å². The average Bonchev–Trinajstić information content (AvgIpc) is 2.38. The van der Waals surface area contributed by atoms with E-state index in [-0.39, 0.29) is 11.8 Å². The van der Waals surface area contributed by atoms with E-state index in [2.05, 4.69) is 5.32 Å². The molecule has 100 valence electrons. The number of halogens is 1. The van der Waals surface area contributed by atoms with Crippen LogP contribution in [0.5, 0.6) is 11.5 Å². The summed E-state index contributed by atoms with van der Waals surface area (Å²) in [5.74, 6) is 0.913. The van der Waals surface area contributed by atoms with Gasteiger partial charge in [0.05, 0.1) is 24.9 Å². The molecular formula is C13H18ClNO3. The summed E-state index contributed by atoms with van der Waals surface area (Å²) >= 11 is 6.02. The fourth-order valence-corrected chi connectivity index (χ4v) is 1.64. The first-order chi connectivity index (χ1) is 8.53. The number of carbonyl (C=O) groups excluding carboxylic acids is 1. The highest BCUT2D eigenvalue weighted by Gasteiger charge is 2.15. The molecule has 0 aliphatic carbocycles. The first kappa shape index (κ1) is 14.6. The molecule has 0 aliphatic heterocycles. The quantitative estimate of drug-likeness (QED) is 0.893. The van der Waals surface area contributed by atoms with Crippen LogP contribution < -0.4 is 14.8 Å². The topological polar surface area (TPSA) is 47.6 Å². The summed E-state index contributed by atoms with van der Waals surface area (Å²) in [5, 5.41) is 3.23. The smallest absolute Gasteiger partial charge is 0.227 e. The van der Waals surface area contributed by atoms with Crippen LogP contribution in [0.4, 0.5) is 5.69 Å². The maximum absolute atomic E-state index is 11.8. The molecule has 1 unspecified atom stereocenters. The van der Waals surface area contributed by atoms with Gasteiger partial charge in [0.25, 0.3) is 0 Å². The molecule has 0 saturated carbocycles. The molecule has 1 amide bonds. The van der Waals surface area contributed by atoms with Gasteiger partial charge in [-0.3, -0.25) is 4.79 Å². The second-order valence-electron chi connectivity index (χ2n) is 3.99. The van der Waals surface area contributed by atoms with E-state index >= 15 is 0 Å². The molecule has 0 aliphatic rings. The zero-order valence-electron chi connectivity index (χ0n) is 11.0. The molecule has 1 N–H and O–H groups in total. The molecule has 1 aromatic rings. The molecule has 1 rings (SSSR count). The monoisotopic (exact) mass is 271 g/mol. The van der Waals surface area contributed by atoms with Gasteiger partial charge >= 0.3 is 0 Å². The second-order valence-corrected chi connectivity index (χ2v) is 4.39. The zero-order chi connectivity index (χ0) is 13.7. The van der Waals surface area contributed by atoms with Crippen molar-refractivity contribution in [2.24, 2.45) is 5.92 Å². The maximum Gasteiger partial charge on any atom is 0.227 e. The Kier molecular flexibility index (Phi) is 5.28. The SMILES string of the molecule is CCC(C)C(=O)Nc1cc(Cl)c(OC)cc1OC. The van der Waals surface area contributed by atoms with Gasteiger partial charge in [0.1, 0.15) is 11.5 Å². The standard InChI is InChI=1S/C13H18ClNO3/c1-5-8(2)13(16)15-10-6-9(14)11(17-3)7-12(10)18-4/h6-8H,5H2,1-4H3,(H,15,16). The van der Waals surface area contributed by atoms with E-state index in [1.807, 2.05) is 13.8 Å². The summed E-state index contributed by atoms with van der Waals surface area (Å²) in [4.78, 5) is 11.8. The van der Waals surface area contributed by atoms with Gasteiger partial charge < -0.3 is 14.8 Å². The molecule has 5 heteroatoms. The molecule has 0 heterocycles. The van der Waals surface area contributed by atoms with Crippen molar-refractivity contribution in [3.8, 4) is 11.5 Å². The molecule has 0 aromatic heterocycles. The van der Waals surface area contributed by atoms with Crippen molar-refractivity contribution in [2.75, 3.05) is 19.5 Å². The van der Waals surface area contributed by atoms with E-state index in [4.69, 9.17) is 21.1 Å². The van der Waals surface area contributed by atoms with Crippen LogP contribution in [0.2, 0.25) is 5.02 Å². The largest absolute Gasteiger partial charge is 0.495 e. The van der Waals surface area contributed by atoms with Crippen LogP contribution in [0.25, 0.3) is 0 Å². The highest BCUT2D eigenvalue weighted by Crippen LogP contribution is 2.36. The van der Waals surface area contributed by atoms with Crippen LogP contribution in [-0.2, 0) is 4.79 Å². The van der Waals surface area contributed by atoms with E-state index < -0.39 is 0 Å². The molecule has 1 aromatic carbocycles. The first-order valence-electron chi connectivity index (χ1n) is 5.75. The summed E-state index contributed by atoms with van der Waals surface area (Å²) in [5.41, 5.74) is 0.550. The number of hydrogen-bond donors (Lipinski definition) is 1. The Bertz CT molecular complexity index is 434. The average molecular weight is 272 g/mol. The van der Waals surface area contributed by atoms with Gasteiger partial charge in [-0.1, -0.05) is 25.4 Å². The number of anilines is 1. The Balaban J connectivity index is 3.01. The van der Waals surface area contributed by atoms with Crippen LogP contribution in [0.15, 0.2) is 12.1 Å². The number of hydrogen-bond acceptors (Lipinski definition) is 3. The Hall–Kier alpha value is -1.42. The van der Waals surface area contributed by atoms with Gasteiger partial charge in [0.2, 0.25) is 5.91 Å². The van der Waals surface area contributed by atoms with E-state index in [1.165, 1.54) is 14.2 Å². The summed E-state index contributed by atoms with van der Waals surface area (Å²) in [6, 6.07) is 3.27. The number of nitrogens with one attached hydrogen (secondary N) is 1. The minimum Gasteiger partial charge on any atom is -0.495 e. The number of benzene rings is 1. The number of amides is 1. The van der Waals surface area contributed by atoms with Crippen LogP contribution >= 0.6 is 11.6 Å². The molecule has 0 saturated heterocycles. The lowest BCUT2D eigenvalue weighted by molar-refractivity contribution is -0.119. The fraction of sp³-hybridized carbons (Fsp3) is 0.462. The molecule has 1 atom stereocenters. The van der Waals surface area contributed by atoms with E-state index in [1.54, 1.807) is 12.1 Å². The number of carbonyl (C=O) groups is 1. The number of rotatable bonds is 5. The van der Waals surface area contributed by atoms with E-state index in [0.717, 1.165) is 6.42 Å². The van der Waals surface area contributed by atoms with Crippen molar-refractivity contribution >= 4 is 23.2 Å². The van der Waals surface area contributed by atoms with E-state index in [0.29, 0.717) is 22.2 Å². The Labute approximate surface area is 112 Å². The zero-order valence-corrected chi connectivity index (χ0v) is 11.8. The van der Waals surface area contributed by atoms with Crippen molar-refractivity contribution in [1.82, 2.24) is 0 Å². The summed E-state index contributed by atoms with van der Waals surface area (Å²) < 4.78 is 10.3. The lowest BCUT2D eigenvalue weighted by Gasteiger charge is -2.15. The summed E-state index contributed by atoms with van der Waals surface area (Å²) in [6.07, 6.45) is 0.776. The maximum atomic E-state index is 11.8. The molecule has 4 nitrogen and oxygen atoms in total. The molecule has 0 fully saturated rings. The Morgan fingerprint density at radius 3 is 2.44 bits per heavy atom. The third-order valence-electron chi connectivity index (χ3n) is 2.79. The van der Waals surface area contributed by atoms with Gasteiger partial charge in [-0.2, -0.15) is 0 Å². The highest BCUT2D eigenvalue weighted by atomic mass is 35.5. The van der Waals surface area contributed by atoms with Gasteiger partial charge in [-0.15, -0.1) is 0 Å². The van der Waals surface area contributed by atoms with Crippen molar-refractivity contribution in [3.63, 3.8) is 0 Å². The van der Waals surface area contributed by atoms with Crippen molar-refractivity contribution in [3.05, 3.63) is 17.2 Å². The van der Waals surface area contributed by atoms with Gasteiger partial charge in [-0.25, -0.2) is 0 Å². The van der Waals surface area contributed by atoms with Gasteiger partial charge in [0.15, 0.2) is 0 Å². The van der Waals surface area contributed by atoms with Crippen molar-refractivity contribution in [2.45, 2.75) is 20.3 Å². The predicted molar refractivity (Wildman–Crippen MR) is 72.6 cm³/mol. The van der Waals surface area contributed by atoms with Crippen LogP contribution in [-0.4, -0.2) is 20.1 Å². The normalized spacial score (nSPS) is 11.8. The summed E-state index contributed by atoms with van der Waals surface area (Å²) in [6.45, 7) is 3.83. The molecular weight excluding hydrogens is 254 g/mol. The molecule has 0 bridgehead atoms. The molecule has 0 radical (unpaired) electrons. The van der Waals surface area contributed by atoms with Crippen molar-refractivity contribution in [1.29, 1.82) is 0 Å². The lowest BCUT2D eigenvalue weighted by atomic mass is 10.1. The third kappa shape index (κ3) is 3.29. The Morgan fingerprint density at radius 2 is 1.94 bits per heavy atom. The minimum atomic E-state index is -0.0596. The third-order valence-corrected chi connectivity index (χ3v) is 3.09. The van der Waals surface area contributed by atoms with Crippen LogP contribution in [0, 0.1) is 5.92 Å². The lowest BCUT2D eigenvalue weighted by Crippen LogP contribution is -2.20. The minimum absolute atomic E-state index is 0.0583. The fourth-order valence-electron chi connectivity index (χ4n) is 1.40. The van der Waals surface area contributed by atoms with Crippen molar-refractivity contribution < 1.29 is 14.3 Å². The Morgan fingerprint density at radius 1 is 1.33 bits per heavy atom. The second kappa shape index (κ2) is 6.50. The van der Waals surface area contributed by atoms with Crippen LogP contribution in [0.1, 0.15) is 20.3 Å². The predicted octanol–water partition coefficient (Wildman–Crippen LogP) is 3.34. The molecule has 0 spiro atoms. The summed E-state index contributed by atoms with van der Waals surface area (Å²) in [7, 11) is 3.06. The van der Waals surface area contributed by atoms with Gasteiger partial charge in [-0.05, 0) is 12.5 Å².